The topological polar surface area (TPSA) is 38.7 Å². The number of rotatable bonds is 6. The van der Waals surface area contributed by atoms with Crippen molar-refractivity contribution in [3.05, 3.63) is 212 Å². The van der Waals surface area contributed by atoms with Gasteiger partial charge in [0, 0.05) is 34.5 Å². The first kappa shape index (κ1) is 34.7. The third kappa shape index (κ3) is 5.94. The Labute approximate surface area is 344 Å². The largest absolute Gasteiger partial charge is 0.264 e. The molecule has 2 aromatic heterocycles. The lowest BCUT2D eigenvalue weighted by molar-refractivity contribution is 0.663. The van der Waals surface area contributed by atoms with E-state index in [0.717, 1.165) is 50.0 Å². The zero-order chi connectivity index (χ0) is 39.5. The Morgan fingerprint density at radius 1 is 0.373 bits per heavy atom. The number of benzene rings is 8. The second-order valence-corrected chi connectivity index (χ2v) is 16.0. The summed E-state index contributed by atoms with van der Waals surface area (Å²) in [7, 11) is 0. The molecule has 0 aliphatic heterocycles. The fraction of sp³-hybridized carbons (Fsp3) is 0.0536. The van der Waals surface area contributed by atoms with Crippen LogP contribution < -0.4 is 0 Å². The van der Waals surface area contributed by atoms with Gasteiger partial charge in [-0.2, -0.15) is 0 Å². The second-order valence-electron chi connectivity index (χ2n) is 16.0. The lowest BCUT2D eigenvalue weighted by atomic mass is 9.78. The van der Waals surface area contributed by atoms with Crippen molar-refractivity contribution in [2.75, 3.05) is 0 Å². The molecule has 11 rings (SSSR count). The van der Waals surface area contributed by atoms with Crippen molar-refractivity contribution in [1.29, 1.82) is 0 Å². The molecule has 1 aliphatic carbocycles. The van der Waals surface area contributed by atoms with Crippen LogP contribution in [0.2, 0.25) is 0 Å². The second kappa shape index (κ2) is 13.9. The highest BCUT2D eigenvalue weighted by molar-refractivity contribution is 6.05. The molecular formula is C56H39N3. The van der Waals surface area contributed by atoms with Crippen molar-refractivity contribution in [3.8, 4) is 78.4 Å². The third-order valence-electron chi connectivity index (χ3n) is 12.2. The SMILES string of the molecule is CC1(C)c2cc3ccccc3cc2-c2cccc(-c3cccc(-c4ccc(-c5nc(-c6ccccc6)cc(-c6ccc(-c7cccnc7)cc6)n5)c5ccccc45)c3)c21. The van der Waals surface area contributed by atoms with Gasteiger partial charge in [-0.15, -0.1) is 0 Å². The van der Waals surface area contributed by atoms with Gasteiger partial charge in [0.05, 0.1) is 11.4 Å². The quantitative estimate of drug-likeness (QED) is 0.170. The number of aromatic nitrogens is 3. The molecule has 0 bridgehead atoms. The van der Waals surface area contributed by atoms with E-state index in [2.05, 4.69) is 195 Å². The molecule has 0 saturated heterocycles. The smallest absolute Gasteiger partial charge is 0.161 e. The van der Waals surface area contributed by atoms with Gasteiger partial charge in [-0.3, -0.25) is 4.98 Å². The predicted octanol–water partition coefficient (Wildman–Crippen LogP) is 14.5. The van der Waals surface area contributed by atoms with Crippen LogP contribution in [0.3, 0.4) is 0 Å². The first-order valence-electron chi connectivity index (χ1n) is 20.2. The Bertz CT molecular complexity index is 3220. The third-order valence-corrected chi connectivity index (χ3v) is 12.2. The molecule has 1 aliphatic rings. The molecule has 59 heavy (non-hydrogen) atoms. The molecular weight excluding hydrogens is 715 g/mol. The number of nitrogens with zero attached hydrogens (tertiary/aromatic N) is 3. The predicted molar refractivity (Wildman–Crippen MR) is 245 cm³/mol. The van der Waals surface area contributed by atoms with E-state index in [1.54, 1.807) is 6.20 Å². The van der Waals surface area contributed by atoms with Crippen LogP contribution >= 0.6 is 0 Å². The lowest BCUT2D eigenvalue weighted by Gasteiger charge is -2.25. The standard InChI is InChI=1S/C56H39N3/c1-56(2)51-33-40-16-7-6-15-39(40)32-50(51)48-23-11-22-45(54(48)56)42-18-10-17-41(31-42)44-28-29-49(47-21-9-8-20-46(44)47)55-58-52(37-13-4-3-5-14-37)34-53(59-55)38-26-24-36(25-27-38)43-19-12-30-57-35-43/h3-35H,1-2H3. The lowest BCUT2D eigenvalue weighted by Crippen LogP contribution is -2.16. The average Bonchev–Trinajstić information content (AvgIpc) is 3.53. The van der Waals surface area contributed by atoms with Crippen LogP contribution in [0.25, 0.3) is 100.0 Å². The zero-order valence-electron chi connectivity index (χ0n) is 32.9. The molecule has 278 valence electrons. The summed E-state index contributed by atoms with van der Waals surface area (Å²) in [6, 6.07) is 67.6. The molecule has 3 heteroatoms. The van der Waals surface area contributed by atoms with Gasteiger partial charge < -0.3 is 0 Å². The maximum atomic E-state index is 5.27. The van der Waals surface area contributed by atoms with Gasteiger partial charge in [-0.05, 0) is 114 Å². The summed E-state index contributed by atoms with van der Waals surface area (Å²) in [6.45, 7) is 4.76. The van der Waals surface area contributed by atoms with Crippen molar-refractivity contribution in [2.24, 2.45) is 0 Å². The molecule has 0 spiro atoms. The molecule has 10 aromatic rings. The Morgan fingerprint density at radius 2 is 0.949 bits per heavy atom. The van der Waals surface area contributed by atoms with E-state index in [4.69, 9.17) is 9.97 Å². The van der Waals surface area contributed by atoms with E-state index >= 15 is 0 Å². The summed E-state index contributed by atoms with van der Waals surface area (Å²) in [6.07, 6.45) is 3.69. The van der Waals surface area contributed by atoms with Crippen molar-refractivity contribution < 1.29 is 0 Å². The van der Waals surface area contributed by atoms with E-state index in [1.807, 2.05) is 18.3 Å². The number of hydrogen-bond acceptors (Lipinski definition) is 3. The first-order valence-corrected chi connectivity index (χ1v) is 20.2. The molecule has 8 aromatic carbocycles. The summed E-state index contributed by atoms with van der Waals surface area (Å²) in [5, 5.41) is 4.84. The van der Waals surface area contributed by atoms with Crippen molar-refractivity contribution in [2.45, 2.75) is 19.3 Å². The minimum Gasteiger partial charge on any atom is -0.264 e. The van der Waals surface area contributed by atoms with E-state index in [-0.39, 0.29) is 5.41 Å². The monoisotopic (exact) mass is 753 g/mol. The molecule has 0 unspecified atom stereocenters. The van der Waals surface area contributed by atoms with Crippen LogP contribution in [0.15, 0.2) is 200 Å². The van der Waals surface area contributed by atoms with Gasteiger partial charge in [0.2, 0.25) is 0 Å². The van der Waals surface area contributed by atoms with Crippen molar-refractivity contribution in [3.63, 3.8) is 0 Å². The van der Waals surface area contributed by atoms with Gasteiger partial charge in [-0.1, -0.05) is 166 Å². The minimum absolute atomic E-state index is 0.149. The Balaban J connectivity index is 1.02. The molecule has 0 amide bonds. The molecule has 0 fully saturated rings. The minimum atomic E-state index is -0.149. The summed E-state index contributed by atoms with van der Waals surface area (Å²) in [4.78, 5) is 14.8. The van der Waals surface area contributed by atoms with E-state index in [1.165, 1.54) is 55.3 Å². The van der Waals surface area contributed by atoms with Gasteiger partial charge in [0.25, 0.3) is 0 Å². The average molecular weight is 754 g/mol. The molecule has 0 saturated carbocycles. The molecule has 0 radical (unpaired) electrons. The Hall–Kier alpha value is -7.49. The normalized spacial score (nSPS) is 12.7. The van der Waals surface area contributed by atoms with Crippen LogP contribution in [-0.4, -0.2) is 15.0 Å². The van der Waals surface area contributed by atoms with E-state index in [9.17, 15) is 0 Å². The van der Waals surface area contributed by atoms with Crippen molar-refractivity contribution in [1.82, 2.24) is 15.0 Å². The summed E-state index contributed by atoms with van der Waals surface area (Å²) in [5.41, 5.74) is 17.2. The van der Waals surface area contributed by atoms with Gasteiger partial charge in [0.1, 0.15) is 0 Å². The van der Waals surface area contributed by atoms with Gasteiger partial charge in [-0.25, -0.2) is 9.97 Å². The van der Waals surface area contributed by atoms with Crippen molar-refractivity contribution >= 4 is 21.5 Å². The molecule has 0 N–H and O–H groups in total. The van der Waals surface area contributed by atoms with Gasteiger partial charge >= 0.3 is 0 Å². The summed E-state index contributed by atoms with van der Waals surface area (Å²) in [5.74, 6) is 0.698. The van der Waals surface area contributed by atoms with Crippen LogP contribution in [-0.2, 0) is 5.41 Å². The van der Waals surface area contributed by atoms with Crippen LogP contribution in [0.4, 0.5) is 0 Å². The van der Waals surface area contributed by atoms with E-state index in [0.29, 0.717) is 5.82 Å². The number of fused-ring (bicyclic) bond motifs is 5. The highest BCUT2D eigenvalue weighted by atomic mass is 14.9. The summed E-state index contributed by atoms with van der Waals surface area (Å²) < 4.78 is 0. The number of hydrogen-bond donors (Lipinski definition) is 0. The Morgan fingerprint density at radius 3 is 1.69 bits per heavy atom. The molecule has 3 nitrogen and oxygen atoms in total. The van der Waals surface area contributed by atoms with Crippen LogP contribution in [0.5, 0.6) is 0 Å². The van der Waals surface area contributed by atoms with Gasteiger partial charge in [0.15, 0.2) is 5.82 Å². The molecule has 0 atom stereocenters. The highest BCUT2D eigenvalue weighted by Gasteiger charge is 2.37. The highest BCUT2D eigenvalue weighted by Crippen LogP contribution is 2.53. The first-order chi connectivity index (χ1) is 29.0. The Kier molecular flexibility index (Phi) is 8.16. The zero-order valence-corrected chi connectivity index (χ0v) is 32.9. The fourth-order valence-electron chi connectivity index (χ4n) is 9.24. The van der Waals surface area contributed by atoms with Crippen LogP contribution in [0, 0.1) is 0 Å². The number of pyridine rings is 1. The molecule has 2 heterocycles. The summed E-state index contributed by atoms with van der Waals surface area (Å²) >= 11 is 0. The maximum absolute atomic E-state index is 5.27. The van der Waals surface area contributed by atoms with Crippen LogP contribution in [0.1, 0.15) is 25.0 Å². The maximum Gasteiger partial charge on any atom is 0.161 e. The fourth-order valence-corrected chi connectivity index (χ4v) is 9.24. The van der Waals surface area contributed by atoms with E-state index < -0.39 is 0 Å².